The smallest absolute Gasteiger partial charge is 0.172 e. The van der Waals surface area contributed by atoms with Gasteiger partial charge in [-0.15, -0.1) is 0 Å². The maximum absolute atomic E-state index is 11.0. The molecular formula is C13H16O4. The predicted octanol–water partition coefficient (Wildman–Crippen LogP) is 1.89. The van der Waals surface area contributed by atoms with Crippen molar-refractivity contribution >= 4 is 6.29 Å². The Kier molecular flexibility index (Phi) is 3.07. The van der Waals surface area contributed by atoms with Crippen LogP contribution >= 0.6 is 0 Å². The summed E-state index contributed by atoms with van der Waals surface area (Å²) in [4.78, 5) is 11.0. The van der Waals surface area contributed by atoms with Crippen molar-refractivity contribution in [2.75, 3.05) is 13.2 Å². The topological polar surface area (TPSA) is 55.8 Å². The lowest BCUT2D eigenvalue weighted by Gasteiger charge is -2.22. The van der Waals surface area contributed by atoms with Crippen molar-refractivity contribution in [1.82, 2.24) is 0 Å². The van der Waals surface area contributed by atoms with Gasteiger partial charge < -0.3 is 14.6 Å². The van der Waals surface area contributed by atoms with Gasteiger partial charge in [0.05, 0.1) is 24.4 Å². The highest BCUT2D eigenvalue weighted by Gasteiger charge is 2.27. The standard InChI is InChI=1S/C13H16O4/c1-13(2,15)10-5-4-9(8-14)11-12(10)17-7-3-6-16-11/h4-5,8,15H,3,6-7H2,1-2H3. The van der Waals surface area contributed by atoms with Crippen LogP contribution in [0.1, 0.15) is 36.2 Å². The fourth-order valence-corrected chi connectivity index (χ4v) is 1.85. The van der Waals surface area contributed by atoms with Gasteiger partial charge in [-0.3, -0.25) is 4.79 Å². The molecular weight excluding hydrogens is 220 g/mol. The van der Waals surface area contributed by atoms with Crippen molar-refractivity contribution in [2.45, 2.75) is 25.9 Å². The number of carbonyl (C=O) groups is 1. The molecule has 2 rings (SSSR count). The molecule has 92 valence electrons. The lowest BCUT2D eigenvalue weighted by molar-refractivity contribution is 0.0746. The van der Waals surface area contributed by atoms with Crippen molar-refractivity contribution in [3.05, 3.63) is 23.3 Å². The predicted molar refractivity (Wildman–Crippen MR) is 62.7 cm³/mol. The molecule has 1 aliphatic rings. The first-order valence-corrected chi connectivity index (χ1v) is 5.64. The van der Waals surface area contributed by atoms with Crippen LogP contribution in [0.5, 0.6) is 11.5 Å². The third-order valence-electron chi connectivity index (χ3n) is 2.71. The molecule has 4 heteroatoms. The Bertz CT molecular complexity index is 432. The molecule has 0 saturated carbocycles. The van der Waals surface area contributed by atoms with Gasteiger partial charge in [0.25, 0.3) is 0 Å². The fraction of sp³-hybridized carbons (Fsp3) is 0.462. The maximum Gasteiger partial charge on any atom is 0.172 e. The second kappa shape index (κ2) is 4.37. The molecule has 0 unspecified atom stereocenters. The molecule has 17 heavy (non-hydrogen) atoms. The molecule has 0 atom stereocenters. The second-order valence-corrected chi connectivity index (χ2v) is 4.59. The van der Waals surface area contributed by atoms with E-state index in [1.807, 2.05) is 0 Å². The Morgan fingerprint density at radius 1 is 1.24 bits per heavy atom. The van der Waals surface area contributed by atoms with Gasteiger partial charge in [0.15, 0.2) is 17.8 Å². The van der Waals surface area contributed by atoms with Crippen molar-refractivity contribution in [3.8, 4) is 11.5 Å². The summed E-state index contributed by atoms with van der Waals surface area (Å²) in [6, 6.07) is 3.35. The van der Waals surface area contributed by atoms with E-state index in [0.29, 0.717) is 35.8 Å². The highest BCUT2D eigenvalue weighted by molar-refractivity contribution is 5.82. The Morgan fingerprint density at radius 2 is 1.88 bits per heavy atom. The molecule has 0 aromatic heterocycles. The molecule has 4 nitrogen and oxygen atoms in total. The largest absolute Gasteiger partial charge is 0.489 e. The van der Waals surface area contributed by atoms with E-state index in [4.69, 9.17) is 9.47 Å². The highest BCUT2D eigenvalue weighted by atomic mass is 16.5. The first-order chi connectivity index (χ1) is 8.04. The summed E-state index contributed by atoms with van der Waals surface area (Å²) in [5.41, 5.74) is 0.0639. The van der Waals surface area contributed by atoms with E-state index >= 15 is 0 Å². The van der Waals surface area contributed by atoms with Gasteiger partial charge in [0.1, 0.15) is 0 Å². The van der Waals surface area contributed by atoms with Gasteiger partial charge in [0, 0.05) is 12.0 Å². The zero-order valence-electron chi connectivity index (χ0n) is 10.0. The number of aldehydes is 1. The van der Waals surface area contributed by atoms with Crippen LogP contribution in [0.4, 0.5) is 0 Å². The molecule has 0 fully saturated rings. The first-order valence-electron chi connectivity index (χ1n) is 5.64. The summed E-state index contributed by atoms with van der Waals surface area (Å²) in [5, 5.41) is 10.1. The van der Waals surface area contributed by atoms with Crippen molar-refractivity contribution in [3.63, 3.8) is 0 Å². The van der Waals surface area contributed by atoms with Crippen LogP contribution in [0.3, 0.4) is 0 Å². The number of benzene rings is 1. The summed E-state index contributed by atoms with van der Waals surface area (Å²) < 4.78 is 11.1. The van der Waals surface area contributed by atoms with Crippen LogP contribution in [-0.2, 0) is 5.60 Å². The van der Waals surface area contributed by atoms with E-state index < -0.39 is 5.60 Å². The van der Waals surface area contributed by atoms with Gasteiger partial charge >= 0.3 is 0 Å². The van der Waals surface area contributed by atoms with E-state index in [1.54, 1.807) is 26.0 Å². The highest BCUT2D eigenvalue weighted by Crippen LogP contribution is 2.40. The SMILES string of the molecule is CC(C)(O)c1ccc(C=O)c2c1OCCCO2. The molecule has 1 N–H and O–H groups in total. The minimum atomic E-state index is -1.03. The Balaban J connectivity index is 2.61. The van der Waals surface area contributed by atoms with Crippen LogP contribution in [0.2, 0.25) is 0 Å². The molecule has 0 saturated heterocycles. The number of aliphatic hydroxyl groups is 1. The lowest BCUT2D eigenvalue weighted by atomic mass is 9.95. The Morgan fingerprint density at radius 3 is 2.47 bits per heavy atom. The van der Waals surface area contributed by atoms with Crippen LogP contribution in [0.25, 0.3) is 0 Å². The molecule has 1 aromatic carbocycles. The molecule has 1 heterocycles. The number of hydrogen-bond donors (Lipinski definition) is 1. The second-order valence-electron chi connectivity index (χ2n) is 4.59. The summed E-state index contributed by atoms with van der Waals surface area (Å²) in [7, 11) is 0. The number of carbonyl (C=O) groups excluding carboxylic acids is 1. The molecule has 0 amide bonds. The van der Waals surface area contributed by atoms with Gasteiger partial charge in [-0.05, 0) is 19.9 Å². The van der Waals surface area contributed by atoms with Gasteiger partial charge in [-0.2, -0.15) is 0 Å². The van der Waals surface area contributed by atoms with E-state index in [1.165, 1.54) is 0 Å². The van der Waals surface area contributed by atoms with Gasteiger partial charge in [-0.1, -0.05) is 6.07 Å². The quantitative estimate of drug-likeness (QED) is 0.797. The number of hydrogen-bond acceptors (Lipinski definition) is 4. The van der Waals surface area contributed by atoms with E-state index in [0.717, 1.165) is 12.7 Å². The number of ether oxygens (including phenoxy) is 2. The van der Waals surface area contributed by atoms with Crippen LogP contribution in [0, 0.1) is 0 Å². The average Bonchev–Trinajstić information content (AvgIpc) is 2.51. The Labute approximate surface area is 100 Å². The summed E-state index contributed by atoms with van der Waals surface area (Å²) >= 11 is 0. The van der Waals surface area contributed by atoms with Crippen molar-refractivity contribution < 1.29 is 19.4 Å². The molecule has 0 aliphatic carbocycles. The minimum Gasteiger partial charge on any atom is -0.489 e. The fourth-order valence-electron chi connectivity index (χ4n) is 1.85. The van der Waals surface area contributed by atoms with Gasteiger partial charge in [-0.25, -0.2) is 0 Å². The lowest BCUT2D eigenvalue weighted by Crippen LogP contribution is -2.17. The minimum absolute atomic E-state index is 0.442. The summed E-state index contributed by atoms with van der Waals surface area (Å²) in [6.45, 7) is 4.40. The molecule has 0 spiro atoms. The molecule has 0 radical (unpaired) electrons. The first kappa shape index (κ1) is 11.9. The maximum atomic E-state index is 11.0. The number of fused-ring (bicyclic) bond motifs is 1. The molecule has 1 aromatic rings. The third kappa shape index (κ3) is 2.26. The Hall–Kier alpha value is -1.55. The average molecular weight is 236 g/mol. The summed E-state index contributed by atoms with van der Waals surface area (Å²) in [6.07, 6.45) is 1.50. The summed E-state index contributed by atoms with van der Waals surface area (Å²) in [5.74, 6) is 0.928. The zero-order valence-corrected chi connectivity index (χ0v) is 10.0. The van der Waals surface area contributed by atoms with Crippen molar-refractivity contribution in [1.29, 1.82) is 0 Å². The molecule has 0 bridgehead atoms. The normalized spacial score (nSPS) is 15.2. The molecule has 1 aliphatic heterocycles. The van der Waals surface area contributed by atoms with Crippen LogP contribution < -0.4 is 9.47 Å². The van der Waals surface area contributed by atoms with E-state index in [2.05, 4.69) is 0 Å². The number of rotatable bonds is 2. The van der Waals surface area contributed by atoms with Crippen LogP contribution in [-0.4, -0.2) is 24.6 Å². The monoisotopic (exact) mass is 236 g/mol. The third-order valence-corrected chi connectivity index (χ3v) is 2.71. The van der Waals surface area contributed by atoms with Crippen molar-refractivity contribution in [2.24, 2.45) is 0 Å². The zero-order chi connectivity index (χ0) is 12.5. The van der Waals surface area contributed by atoms with Gasteiger partial charge in [0.2, 0.25) is 0 Å². The van der Waals surface area contributed by atoms with Crippen LogP contribution in [0.15, 0.2) is 12.1 Å². The van der Waals surface area contributed by atoms with E-state index in [-0.39, 0.29) is 0 Å². The van der Waals surface area contributed by atoms with E-state index in [9.17, 15) is 9.90 Å².